The van der Waals surface area contributed by atoms with Crippen molar-refractivity contribution in [2.75, 3.05) is 0 Å². The molecule has 5 heteroatoms. The first-order valence-electron chi connectivity index (χ1n) is 9.16. The first kappa shape index (κ1) is 19.3. The minimum absolute atomic E-state index is 0.240. The average Bonchev–Trinajstić information content (AvgIpc) is 3.01. The number of ether oxygens (including phenoxy) is 1. The van der Waals surface area contributed by atoms with E-state index in [1.54, 1.807) is 0 Å². The van der Waals surface area contributed by atoms with Gasteiger partial charge in [0.05, 0.1) is 0 Å². The second-order valence-corrected chi connectivity index (χ2v) is 8.70. The van der Waals surface area contributed by atoms with Crippen LogP contribution in [0.5, 0.6) is 0 Å². The molecular formula is C19H32N2O2S. The van der Waals surface area contributed by atoms with E-state index in [0.717, 1.165) is 25.7 Å². The molecule has 1 aliphatic rings. The molecule has 0 aliphatic heterocycles. The highest BCUT2D eigenvalue weighted by molar-refractivity contribution is 7.10. The maximum atomic E-state index is 11.9. The molecule has 1 saturated carbocycles. The zero-order valence-corrected chi connectivity index (χ0v) is 16.2. The van der Waals surface area contributed by atoms with Crippen LogP contribution in [0.1, 0.15) is 77.1 Å². The smallest absolute Gasteiger partial charge is 0.407 e. The van der Waals surface area contributed by atoms with E-state index in [-0.39, 0.29) is 12.1 Å². The van der Waals surface area contributed by atoms with E-state index in [1.165, 1.54) is 17.7 Å². The Kier molecular flexibility index (Phi) is 7.11. The van der Waals surface area contributed by atoms with Gasteiger partial charge in [0.1, 0.15) is 5.60 Å². The summed E-state index contributed by atoms with van der Waals surface area (Å²) in [5, 5.41) is 9.01. The minimum Gasteiger partial charge on any atom is -0.444 e. The normalized spacial score (nSPS) is 22.8. The number of carbonyl (C=O) groups is 1. The fraction of sp³-hybridized carbons (Fsp3) is 0.737. The van der Waals surface area contributed by atoms with E-state index in [9.17, 15) is 4.79 Å². The molecule has 1 atom stereocenters. The summed E-state index contributed by atoms with van der Waals surface area (Å²) in [5.41, 5.74) is -0.434. The van der Waals surface area contributed by atoms with E-state index in [1.807, 2.05) is 32.1 Å². The molecule has 1 fully saturated rings. The summed E-state index contributed by atoms with van der Waals surface area (Å²) in [6.07, 6.45) is 6.31. The summed E-state index contributed by atoms with van der Waals surface area (Å²) in [5.74, 6) is 0. The minimum atomic E-state index is -0.434. The van der Waals surface area contributed by atoms with Crippen molar-refractivity contribution < 1.29 is 9.53 Å². The fourth-order valence-electron chi connectivity index (χ4n) is 3.25. The summed E-state index contributed by atoms with van der Waals surface area (Å²) in [7, 11) is 0. The van der Waals surface area contributed by atoms with Crippen LogP contribution < -0.4 is 10.6 Å². The highest BCUT2D eigenvalue weighted by Gasteiger charge is 2.26. The van der Waals surface area contributed by atoms with Crippen molar-refractivity contribution in [3.63, 3.8) is 0 Å². The van der Waals surface area contributed by atoms with Gasteiger partial charge in [-0.05, 0) is 64.3 Å². The largest absolute Gasteiger partial charge is 0.444 e. The van der Waals surface area contributed by atoms with Crippen molar-refractivity contribution >= 4 is 17.4 Å². The van der Waals surface area contributed by atoms with Crippen LogP contribution in [0, 0.1) is 0 Å². The Morgan fingerprint density at radius 1 is 1.29 bits per heavy atom. The lowest BCUT2D eigenvalue weighted by atomic mass is 9.90. The first-order valence-corrected chi connectivity index (χ1v) is 10.0. The summed E-state index contributed by atoms with van der Waals surface area (Å²) in [6.45, 7) is 7.92. The molecule has 1 aromatic heterocycles. The topological polar surface area (TPSA) is 50.4 Å². The monoisotopic (exact) mass is 352 g/mol. The highest BCUT2D eigenvalue weighted by Crippen LogP contribution is 2.27. The molecule has 0 radical (unpaired) electrons. The van der Waals surface area contributed by atoms with Crippen LogP contribution >= 0.6 is 11.3 Å². The number of hydrogen-bond acceptors (Lipinski definition) is 4. The van der Waals surface area contributed by atoms with Gasteiger partial charge in [0.15, 0.2) is 0 Å². The van der Waals surface area contributed by atoms with Gasteiger partial charge >= 0.3 is 6.09 Å². The molecule has 0 spiro atoms. The predicted molar refractivity (Wildman–Crippen MR) is 101 cm³/mol. The molecule has 0 bridgehead atoms. The van der Waals surface area contributed by atoms with Crippen LogP contribution in [0.25, 0.3) is 0 Å². The van der Waals surface area contributed by atoms with E-state index >= 15 is 0 Å². The van der Waals surface area contributed by atoms with Crippen LogP contribution in [0.3, 0.4) is 0 Å². The van der Waals surface area contributed by atoms with Crippen LogP contribution in [0.2, 0.25) is 0 Å². The van der Waals surface area contributed by atoms with Crippen molar-refractivity contribution in [1.82, 2.24) is 10.6 Å². The Labute approximate surface area is 150 Å². The van der Waals surface area contributed by atoms with Gasteiger partial charge in [0, 0.05) is 23.0 Å². The summed E-state index contributed by atoms with van der Waals surface area (Å²) >= 11 is 1.84. The molecule has 1 heterocycles. The Balaban J connectivity index is 1.76. The van der Waals surface area contributed by atoms with Gasteiger partial charge in [-0.25, -0.2) is 4.79 Å². The van der Waals surface area contributed by atoms with Gasteiger partial charge < -0.3 is 15.4 Å². The van der Waals surface area contributed by atoms with Gasteiger partial charge in [0.2, 0.25) is 0 Å². The molecule has 4 nitrogen and oxygen atoms in total. The van der Waals surface area contributed by atoms with Crippen LogP contribution in [0.4, 0.5) is 4.79 Å². The second kappa shape index (κ2) is 8.86. The highest BCUT2D eigenvalue weighted by atomic mass is 32.1. The van der Waals surface area contributed by atoms with Crippen molar-refractivity contribution in [3.05, 3.63) is 22.4 Å². The summed E-state index contributed by atoms with van der Waals surface area (Å²) in [4.78, 5) is 13.3. The maximum Gasteiger partial charge on any atom is 0.407 e. The molecule has 24 heavy (non-hydrogen) atoms. The number of nitrogens with one attached hydrogen (secondary N) is 2. The molecular weight excluding hydrogens is 320 g/mol. The molecule has 2 N–H and O–H groups in total. The number of rotatable bonds is 6. The third kappa shape index (κ3) is 6.44. The average molecular weight is 353 g/mol. The number of thiophene rings is 1. The van der Waals surface area contributed by atoms with Gasteiger partial charge in [-0.1, -0.05) is 19.4 Å². The second-order valence-electron chi connectivity index (χ2n) is 7.72. The molecule has 136 valence electrons. The number of hydrogen-bond donors (Lipinski definition) is 2. The van der Waals surface area contributed by atoms with Crippen molar-refractivity contribution in [2.24, 2.45) is 0 Å². The first-order chi connectivity index (χ1) is 11.4. The van der Waals surface area contributed by atoms with E-state index in [0.29, 0.717) is 12.1 Å². The quantitative estimate of drug-likeness (QED) is 0.756. The Bertz CT molecular complexity index is 488. The molecule has 0 aromatic carbocycles. The third-order valence-electron chi connectivity index (χ3n) is 4.35. The van der Waals surface area contributed by atoms with E-state index < -0.39 is 5.60 Å². The van der Waals surface area contributed by atoms with Crippen molar-refractivity contribution in [1.29, 1.82) is 0 Å². The Morgan fingerprint density at radius 2 is 1.96 bits per heavy atom. The molecule has 1 aliphatic carbocycles. The number of amides is 1. The summed E-state index contributed by atoms with van der Waals surface area (Å²) < 4.78 is 5.35. The molecule has 1 aromatic rings. The molecule has 2 rings (SSSR count). The lowest BCUT2D eigenvalue weighted by molar-refractivity contribution is 0.0489. The van der Waals surface area contributed by atoms with Gasteiger partial charge in [-0.3, -0.25) is 0 Å². The lowest BCUT2D eigenvalue weighted by Gasteiger charge is -2.32. The Hall–Kier alpha value is -1.07. The zero-order chi connectivity index (χ0) is 17.6. The van der Waals surface area contributed by atoms with Crippen molar-refractivity contribution in [3.8, 4) is 0 Å². The van der Waals surface area contributed by atoms with Crippen LogP contribution in [-0.2, 0) is 4.74 Å². The van der Waals surface area contributed by atoms with Crippen LogP contribution in [-0.4, -0.2) is 23.8 Å². The Morgan fingerprint density at radius 3 is 2.50 bits per heavy atom. The lowest BCUT2D eigenvalue weighted by Crippen LogP contribution is -2.44. The number of alkyl carbamates (subject to hydrolysis) is 1. The fourth-order valence-corrected chi connectivity index (χ4v) is 4.07. The SMILES string of the molecule is CCCC(NC1CCC(NC(=O)OC(C)(C)C)CC1)c1cccs1. The maximum absolute atomic E-state index is 11.9. The predicted octanol–water partition coefficient (Wildman–Crippen LogP) is 5.01. The number of carbonyl (C=O) groups excluding carboxylic acids is 1. The van der Waals surface area contributed by atoms with E-state index in [2.05, 4.69) is 35.1 Å². The standard InChI is InChI=1S/C19H32N2O2S/c1-5-7-16(17-8-6-13-24-17)20-14-9-11-15(12-10-14)21-18(22)23-19(2,3)4/h6,8,13-16,20H,5,7,9-12H2,1-4H3,(H,21,22). The van der Waals surface area contributed by atoms with Crippen molar-refractivity contribution in [2.45, 2.75) is 89.9 Å². The molecule has 1 amide bonds. The van der Waals surface area contributed by atoms with Crippen LogP contribution in [0.15, 0.2) is 17.5 Å². The molecule has 0 saturated heterocycles. The summed E-state index contributed by atoms with van der Waals surface area (Å²) in [6, 6.07) is 5.61. The van der Waals surface area contributed by atoms with Gasteiger partial charge in [-0.2, -0.15) is 0 Å². The van der Waals surface area contributed by atoms with E-state index in [4.69, 9.17) is 4.74 Å². The molecule has 1 unspecified atom stereocenters. The van der Waals surface area contributed by atoms with Gasteiger partial charge in [0.25, 0.3) is 0 Å². The van der Waals surface area contributed by atoms with Gasteiger partial charge in [-0.15, -0.1) is 11.3 Å². The third-order valence-corrected chi connectivity index (χ3v) is 5.33. The zero-order valence-electron chi connectivity index (χ0n) is 15.4.